The fourth-order valence-corrected chi connectivity index (χ4v) is 3.61. The van der Waals surface area contributed by atoms with Crippen LogP contribution in [0.5, 0.6) is 5.75 Å². The van der Waals surface area contributed by atoms with Crippen LogP contribution < -0.4 is 5.32 Å². The van der Waals surface area contributed by atoms with E-state index in [1.165, 1.54) is 11.8 Å². The summed E-state index contributed by atoms with van der Waals surface area (Å²) >= 11 is 7.34. The first kappa shape index (κ1) is 21.6. The molecule has 0 fully saturated rings. The van der Waals surface area contributed by atoms with E-state index in [9.17, 15) is 9.90 Å². The number of hydrogen-bond donors (Lipinski definition) is 2. The van der Waals surface area contributed by atoms with Gasteiger partial charge in [0.15, 0.2) is 0 Å². The first-order valence-electron chi connectivity index (χ1n) is 8.94. The third-order valence-corrected chi connectivity index (χ3v) is 5.42. The lowest BCUT2D eigenvalue weighted by molar-refractivity contribution is -0.113. The molecule has 0 saturated carbocycles. The minimum Gasteiger partial charge on any atom is -0.507 e. The van der Waals surface area contributed by atoms with Gasteiger partial charge in [-0.1, -0.05) is 53.1 Å². The Morgan fingerprint density at radius 2 is 1.48 bits per heavy atom. The van der Waals surface area contributed by atoms with E-state index in [0.29, 0.717) is 16.5 Å². The minimum absolute atomic E-state index is 0.0787. The van der Waals surface area contributed by atoms with Gasteiger partial charge in [-0.25, -0.2) is 0 Å². The number of carbonyl (C=O) groups excluding carboxylic acids is 1. The molecule has 0 aliphatic heterocycles. The zero-order valence-electron chi connectivity index (χ0n) is 16.8. The number of anilines is 1. The standard InChI is InChI=1S/C22H28ClNO2S/c1-21(2,3)17-11-16(12-18(20(17)26)22(4,5)6)27-13-19(25)24-15-9-7-14(23)8-10-15/h7-12,26H,13H2,1-6H3,(H,24,25). The molecule has 3 nitrogen and oxygen atoms in total. The van der Waals surface area contributed by atoms with E-state index in [0.717, 1.165) is 21.7 Å². The summed E-state index contributed by atoms with van der Waals surface area (Å²) < 4.78 is 0. The molecule has 2 aromatic carbocycles. The molecule has 0 unspecified atom stereocenters. The largest absolute Gasteiger partial charge is 0.507 e. The molecule has 0 atom stereocenters. The monoisotopic (exact) mass is 405 g/mol. The molecule has 0 saturated heterocycles. The van der Waals surface area contributed by atoms with E-state index < -0.39 is 0 Å². The maximum absolute atomic E-state index is 12.3. The number of phenols is 1. The average Bonchev–Trinajstić information content (AvgIpc) is 2.54. The molecule has 5 heteroatoms. The molecule has 0 spiro atoms. The SMILES string of the molecule is CC(C)(C)c1cc(SCC(=O)Nc2ccc(Cl)cc2)cc(C(C)(C)C)c1O. The molecule has 2 rings (SSSR count). The third-order valence-electron chi connectivity index (χ3n) is 4.20. The van der Waals surface area contributed by atoms with E-state index in [-0.39, 0.29) is 16.7 Å². The Balaban J connectivity index is 2.20. The lowest BCUT2D eigenvalue weighted by Crippen LogP contribution is -2.18. The Bertz CT molecular complexity index is 783. The molecule has 146 valence electrons. The summed E-state index contributed by atoms with van der Waals surface area (Å²) in [5.74, 6) is 0.565. The van der Waals surface area contributed by atoms with Crippen molar-refractivity contribution in [1.29, 1.82) is 0 Å². The highest BCUT2D eigenvalue weighted by Crippen LogP contribution is 2.41. The maximum Gasteiger partial charge on any atom is 0.234 e. The Morgan fingerprint density at radius 3 is 1.93 bits per heavy atom. The number of nitrogens with one attached hydrogen (secondary N) is 1. The van der Waals surface area contributed by atoms with Gasteiger partial charge in [0.1, 0.15) is 5.75 Å². The quantitative estimate of drug-likeness (QED) is 0.581. The van der Waals surface area contributed by atoms with Gasteiger partial charge in [-0.2, -0.15) is 0 Å². The summed E-state index contributed by atoms with van der Waals surface area (Å²) in [6, 6.07) is 11.0. The van der Waals surface area contributed by atoms with Gasteiger partial charge in [-0.05, 0) is 47.2 Å². The summed E-state index contributed by atoms with van der Waals surface area (Å²) in [7, 11) is 0. The second-order valence-corrected chi connectivity index (χ2v) is 10.2. The second-order valence-electron chi connectivity index (χ2n) is 8.71. The van der Waals surface area contributed by atoms with Gasteiger partial charge in [0.05, 0.1) is 5.75 Å². The molecule has 2 aromatic rings. The lowest BCUT2D eigenvalue weighted by Gasteiger charge is -2.28. The van der Waals surface area contributed by atoms with Crippen molar-refractivity contribution in [2.24, 2.45) is 0 Å². The topological polar surface area (TPSA) is 49.3 Å². The predicted molar refractivity (Wildman–Crippen MR) is 116 cm³/mol. The highest BCUT2D eigenvalue weighted by molar-refractivity contribution is 8.00. The number of benzene rings is 2. The molecular weight excluding hydrogens is 378 g/mol. The van der Waals surface area contributed by atoms with Crippen LogP contribution in [0.15, 0.2) is 41.3 Å². The fourth-order valence-electron chi connectivity index (χ4n) is 2.71. The van der Waals surface area contributed by atoms with Gasteiger partial charge in [0.2, 0.25) is 5.91 Å². The van der Waals surface area contributed by atoms with Crippen LogP contribution in [0.2, 0.25) is 5.02 Å². The first-order chi connectivity index (χ1) is 12.4. The van der Waals surface area contributed by atoms with E-state index >= 15 is 0 Å². The molecule has 0 aliphatic carbocycles. The number of halogens is 1. The van der Waals surface area contributed by atoms with Crippen LogP contribution in [0.4, 0.5) is 5.69 Å². The highest BCUT2D eigenvalue weighted by Gasteiger charge is 2.26. The molecule has 0 aliphatic rings. The van der Waals surface area contributed by atoms with Crippen molar-refractivity contribution in [3.8, 4) is 5.75 Å². The molecule has 1 amide bonds. The van der Waals surface area contributed by atoms with Crippen LogP contribution >= 0.6 is 23.4 Å². The molecule has 0 bridgehead atoms. The molecule has 0 radical (unpaired) electrons. The van der Waals surface area contributed by atoms with Crippen molar-refractivity contribution in [3.63, 3.8) is 0 Å². The number of carbonyl (C=O) groups is 1. The van der Waals surface area contributed by atoms with Crippen LogP contribution in [-0.2, 0) is 15.6 Å². The van der Waals surface area contributed by atoms with Gasteiger partial charge < -0.3 is 10.4 Å². The number of hydrogen-bond acceptors (Lipinski definition) is 3. The summed E-state index contributed by atoms with van der Waals surface area (Å²) in [6.07, 6.45) is 0. The molecule has 0 aromatic heterocycles. The highest BCUT2D eigenvalue weighted by atomic mass is 35.5. The van der Waals surface area contributed by atoms with Crippen LogP contribution in [-0.4, -0.2) is 16.8 Å². The smallest absolute Gasteiger partial charge is 0.234 e. The lowest BCUT2D eigenvalue weighted by atomic mass is 9.79. The zero-order valence-corrected chi connectivity index (χ0v) is 18.4. The first-order valence-corrected chi connectivity index (χ1v) is 10.3. The number of aromatic hydroxyl groups is 1. The number of rotatable bonds is 4. The van der Waals surface area contributed by atoms with Crippen molar-refractivity contribution in [1.82, 2.24) is 0 Å². The van der Waals surface area contributed by atoms with E-state index in [1.54, 1.807) is 24.3 Å². The van der Waals surface area contributed by atoms with E-state index in [4.69, 9.17) is 11.6 Å². The molecule has 0 heterocycles. The molecule has 2 N–H and O–H groups in total. The van der Waals surface area contributed by atoms with Crippen molar-refractivity contribution in [2.45, 2.75) is 57.3 Å². The van der Waals surface area contributed by atoms with Gasteiger partial charge in [-0.3, -0.25) is 4.79 Å². The average molecular weight is 406 g/mol. The second kappa shape index (κ2) is 8.15. The van der Waals surface area contributed by atoms with E-state index in [2.05, 4.69) is 46.9 Å². The summed E-state index contributed by atoms with van der Waals surface area (Å²) in [6.45, 7) is 12.5. The zero-order chi connectivity index (χ0) is 20.4. The number of amides is 1. The molecule has 27 heavy (non-hydrogen) atoms. The minimum atomic E-state index is -0.188. The van der Waals surface area contributed by atoms with Crippen LogP contribution in [0.3, 0.4) is 0 Å². The summed E-state index contributed by atoms with van der Waals surface area (Å²) in [5, 5.41) is 14.3. The van der Waals surface area contributed by atoms with Crippen LogP contribution in [0.1, 0.15) is 52.7 Å². The van der Waals surface area contributed by atoms with Crippen LogP contribution in [0.25, 0.3) is 0 Å². The van der Waals surface area contributed by atoms with Gasteiger partial charge in [-0.15, -0.1) is 11.8 Å². The summed E-state index contributed by atoms with van der Waals surface area (Å²) in [5.41, 5.74) is 2.14. The Hall–Kier alpha value is -1.65. The van der Waals surface area contributed by atoms with E-state index in [1.807, 2.05) is 12.1 Å². The van der Waals surface area contributed by atoms with Gasteiger partial charge >= 0.3 is 0 Å². The number of thioether (sulfide) groups is 1. The van der Waals surface area contributed by atoms with Crippen molar-refractivity contribution >= 4 is 35.0 Å². The normalized spacial score (nSPS) is 12.1. The Morgan fingerprint density at radius 1 is 1.00 bits per heavy atom. The van der Waals surface area contributed by atoms with Crippen molar-refractivity contribution in [3.05, 3.63) is 52.5 Å². The Kier molecular flexibility index (Phi) is 6.54. The summed E-state index contributed by atoms with van der Waals surface area (Å²) in [4.78, 5) is 13.3. The van der Waals surface area contributed by atoms with Crippen LogP contribution in [0, 0.1) is 0 Å². The maximum atomic E-state index is 12.3. The fraction of sp³-hybridized carbons (Fsp3) is 0.409. The van der Waals surface area contributed by atoms with Gasteiger partial charge in [0.25, 0.3) is 0 Å². The molecular formula is C22H28ClNO2S. The number of phenolic OH excluding ortho intramolecular Hbond substituents is 1. The van der Waals surface area contributed by atoms with Crippen molar-refractivity contribution in [2.75, 3.05) is 11.1 Å². The Labute approximate surface area is 171 Å². The third kappa shape index (κ3) is 5.91. The van der Waals surface area contributed by atoms with Gasteiger partial charge in [0, 0.05) is 26.7 Å². The van der Waals surface area contributed by atoms with Crippen molar-refractivity contribution < 1.29 is 9.90 Å². The predicted octanol–water partition coefficient (Wildman–Crippen LogP) is 6.37.